The van der Waals surface area contributed by atoms with Crippen molar-refractivity contribution in [2.45, 2.75) is 50.3 Å². The number of aryl methyl sites for hydroxylation is 2. The Kier molecular flexibility index (Phi) is 6.89. The van der Waals surface area contributed by atoms with Crippen LogP contribution in [-0.2, 0) is 32.4 Å². The predicted octanol–water partition coefficient (Wildman–Crippen LogP) is 2.12. The molecule has 0 unspecified atom stereocenters. The molecule has 0 saturated carbocycles. The second-order valence-electron chi connectivity index (χ2n) is 7.30. The number of nitrogens with zero attached hydrogens (tertiary/aromatic N) is 1. The summed E-state index contributed by atoms with van der Waals surface area (Å²) in [5.41, 5.74) is 2.44. The first-order chi connectivity index (χ1) is 13.0. The highest BCUT2D eigenvalue weighted by Gasteiger charge is 2.32. The predicted molar refractivity (Wildman–Crippen MR) is 104 cm³/mol. The summed E-state index contributed by atoms with van der Waals surface area (Å²) in [6.45, 7) is 4.68. The van der Waals surface area contributed by atoms with Gasteiger partial charge in [-0.1, -0.05) is 6.07 Å². The Morgan fingerprint density at radius 2 is 1.96 bits per heavy atom. The van der Waals surface area contributed by atoms with Gasteiger partial charge in [0, 0.05) is 38.8 Å². The maximum atomic E-state index is 12.9. The van der Waals surface area contributed by atoms with E-state index in [1.165, 1.54) is 9.87 Å². The third kappa shape index (κ3) is 4.89. The van der Waals surface area contributed by atoms with Crippen LogP contribution >= 0.6 is 0 Å². The number of amides is 1. The highest BCUT2D eigenvalue weighted by atomic mass is 32.2. The smallest absolute Gasteiger partial charge is 0.243 e. The standard InChI is InChI=1S/C20H30N2O4S/c1-2-26-14-4-11-21-20(23)17-9-12-22(13-10-17)27(24,25)19-8-7-16-5-3-6-18(16)15-19/h7-8,15,17H,2-6,9-14H2,1H3,(H,21,23). The van der Waals surface area contributed by atoms with Crippen LogP contribution in [0.4, 0.5) is 0 Å². The molecule has 3 rings (SSSR count). The molecule has 150 valence electrons. The van der Waals surface area contributed by atoms with Gasteiger partial charge in [-0.15, -0.1) is 0 Å². The van der Waals surface area contributed by atoms with Gasteiger partial charge >= 0.3 is 0 Å². The number of hydrogen-bond acceptors (Lipinski definition) is 4. The van der Waals surface area contributed by atoms with Crippen molar-refractivity contribution >= 4 is 15.9 Å². The van der Waals surface area contributed by atoms with Crippen molar-refractivity contribution in [1.82, 2.24) is 9.62 Å². The van der Waals surface area contributed by atoms with Crippen LogP contribution in [0.25, 0.3) is 0 Å². The van der Waals surface area contributed by atoms with Gasteiger partial charge in [-0.05, 0) is 68.7 Å². The van der Waals surface area contributed by atoms with Crippen LogP contribution in [0.3, 0.4) is 0 Å². The zero-order valence-electron chi connectivity index (χ0n) is 16.1. The van der Waals surface area contributed by atoms with Crippen molar-refractivity contribution in [3.63, 3.8) is 0 Å². The summed E-state index contributed by atoms with van der Waals surface area (Å²) in [6, 6.07) is 5.53. The molecule has 27 heavy (non-hydrogen) atoms. The molecule has 0 spiro atoms. The molecular formula is C20H30N2O4S. The van der Waals surface area contributed by atoms with Gasteiger partial charge in [-0.25, -0.2) is 8.42 Å². The molecule has 0 bridgehead atoms. The molecule has 1 fully saturated rings. The number of fused-ring (bicyclic) bond motifs is 1. The number of benzene rings is 1. The molecule has 1 aromatic rings. The van der Waals surface area contributed by atoms with Gasteiger partial charge in [0.2, 0.25) is 15.9 Å². The summed E-state index contributed by atoms with van der Waals surface area (Å²) in [5.74, 6) is -0.0790. The number of rotatable bonds is 8. The van der Waals surface area contributed by atoms with E-state index >= 15 is 0 Å². The lowest BCUT2D eigenvalue weighted by Crippen LogP contribution is -2.43. The van der Waals surface area contributed by atoms with E-state index in [1.54, 1.807) is 6.07 Å². The molecule has 1 amide bonds. The Morgan fingerprint density at radius 1 is 1.22 bits per heavy atom. The van der Waals surface area contributed by atoms with E-state index in [2.05, 4.69) is 5.32 Å². The lowest BCUT2D eigenvalue weighted by Gasteiger charge is -2.30. The zero-order chi connectivity index (χ0) is 19.3. The Hall–Kier alpha value is -1.44. The van der Waals surface area contributed by atoms with E-state index in [0.717, 1.165) is 31.2 Å². The fourth-order valence-electron chi connectivity index (χ4n) is 3.89. The third-order valence-electron chi connectivity index (χ3n) is 5.50. The average molecular weight is 395 g/mol. The van der Waals surface area contributed by atoms with Crippen molar-refractivity contribution in [3.8, 4) is 0 Å². The Labute approximate surface area is 162 Å². The molecule has 1 aliphatic carbocycles. The lowest BCUT2D eigenvalue weighted by atomic mass is 9.97. The van der Waals surface area contributed by atoms with Crippen molar-refractivity contribution < 1.29 is 17.9 Å². The summed E-state index contributed by atoms with van der Waals surface area (Å²) in [6.07, 6.45) is 5.04. The van der Waals surface area contributed by atoms with Gasteiger partial charge in [0.15, 0.2) is 0 Å². The summed E-state index contributed by atoms with van der Waals surface area (Å²) < 4.78 is 32.7. The van der Waals surface area contributed by atoms with Crippen LogP contribution in [0, 0.1) is 5.92 Å². The van der Waals surface area contributed by atoms with Gasteiger partial charge in [0.05, 0.1) is 4.90 Å². The molecular weight excluding hydrogens is 364 g/mol. The minimum absolute atomic E-state index is 0.0288. The highest BCUT2D eigenvalue weighted by Crippen LogP contribution is 2.28. The van der Waals surface area contributed by atoms with Crippen LogP contribution in [0.1, 0.15) is 43.7 Å². The van der Waals surface area contributed by atoms with Crippen LogP contribution in [0.5, 0.6) is 0 Å². The minimum Gasteiger partial charge on any atom is -0.382 e. The van der Waals surface area contributed by atoms with Crippen LogP contribution < -0.4 is 5.32 Å². The normalized spacial score (nSPS) is 18.4. The Balaban J connectivity index is 1.51. The molecule has 1 N–H and O–H groups in total. The number of hydrogen-bond donors (Lipinski definition) is 1. The second-order valence-corrected chi connectivity index (χ2v) is 9.24. The van der Waals surface area contributed by atoms with Gasteiger partial charge in [-0.2, -0.15) is 4.31 Å². The molecule has 6 nitrogen and oxygen atoms in total. The molecule has 0 atom stereocenters. The SMILES string of the molecule is CCOCCCNC(=O)C1CCN(S(=O)(=O)c2ccc3c(c2)CCC3)CC1. The number of carbonyl (C=O) groups is 1. The first kappa shape index (κ1) is 20.3. The van der Waals surface area contributed by atoms with E-state index in [4.69, 9.17) is 4.74 Å². The van der Waals surface area contributed by atoms with Crippen LogP contribution in [-0.4, -0.2) is 51.5 Å². The summed E-state index contributed by atoms with van der Waals surface area (Å²) >= 11 is 0. The maximum Gasteiger partial charge on any atom is 0.243 e. The van der Waals surface area contributed by atoms with E-state index in [0.29, 0.717) is 50.6 Å². The van der Waals surface area contributed by atoms with Gasteiger partial charge in [-0.3, -0.25) is 4.79 Å². The Morgan fingerprint density at radius 3 is 2.70 bits per heavy atom. The van der Waals surface area contributed by atoms with Gasteiger partial charge in [0.1, 0.15) is 0 Å². The van der Waals surface area contributed by atoms with E-state index in [-0.39, 0.29) is 11.8 Å². The van der Waals surface area contributed by atoms with Gasteiger partial charge < -0.3 is 10.1 Å². The maximum absolute atomic E-state index is 12.9. The topological polar surface area (TPSA) is 75.7 Å². The quantitative estimate of drug-likeness (QED) is 0.685. The number of sulfonamides is 1. The molecule has 1 saturated heterocycles. The van der Waals surface area contributed by atoms with Crippen molar-refractivity contribution in [1.29, 1.82) is 0 Å². The summed E-state index contributed by atoms with van der Waals surface area (Å²) in [4.78, 5) is 12.7. The first-order valence-electron chi connectivity index (χ1n) is 9.99. The molecule has 1 aliphatic heterocycles. The van der Waals surface area contributed by atoms with E-state index in [1.807, 2.05) is 19.1 Å². The Bertz CT molecular complexity index is 755. The third-order valence-corrected chi connectivity index (χ3v) is 7.40. The van der Waals surface area contributed by atoms with Gasteiger partial charge in [0.25, 0.3) is 0 Å². The molecule has 0 aromatic heterocycles. The first-order valence-corrected chi connectivity index (χ1v) is 11.4. The van der Waals surface area contributed by atoms with Crippen molar-refractivity contribution in [3.05, 3.63) is 29.3 Å². The lowest BCUT2D eigenvalue weighted by molar-refractivity contribution is -0.126. The summed E-state index contributed by atoms with van der Waals surface area (Å²) in [7, 11) is -3.47. The monoisotopic (exact) mass is 394 g/mol. The van der Waals surface area contributed by atoms with Crippen molar-refractivity contribution in [2.24, 2.45) is 5.92 Å². The van der Waals surface area contributed by atoms with Crippen LogP contribution in [0.2, 0.25) is 0 Å². The fraction of sp³-hybridized carbons (Fsp3) is 0.650. The molecule has 1 aromatic carbocycles. The molecule has 2 aliphatic rings. The molecule has 0 radical (unpaired) electrons. The average Bonchev–Trinajstić information content (AvgIpc) is 3.15. The van der Waals surface area contributed by atoms with Crippen LogP contribution in [0.15, 0.2) is 23.1 Å². The fourth-order valence-corrected chi connectivity index (χ4v) is 5.41. The van der Waals surface area contributed by atoms with E-state index < -0.39 is 10.0 Å². The number of piperidine rings is 1. The highest BCUT2D eigenvalue weighted by molar-refractivity contribution is 7.89. The number of nitrogens with one attached hydrogen (secondary N) is 1. The van der Waals surface area contributed by atoms with Crippen molar-refractivity contribution in [2.75, 3.05) is 32.8 Å². The minimum atomic E-state index is -3.47. The second kappa shape index (κ2) is 9.17. The number of ether oxygens (including phenoxy) is 1. The zero-order valence-corrected chi connectivity index (χ0v) is 16.9. The molecule has 7 heteroatoms. The summed E-state index contributed by atoms with van der Waals surface area (Å²) in [5, 5.41) is 2.94. The molecule has 1 heterocycles. The number of carbonyl (C=O) groups excluding carboxylic acids is 1. The van der Waals surface area contributed by atoms with E-state index in [9.17, 15) is 13.2 Å². The largest absolute Gasteiger partial charge is 0.382 e.